The predicted molar refractivity (Wildman–Crippen MR) is 84.5 cm³/mol. The summed E-state index contributed by atoms with van der Waals surface area (Å²) >= 11 is 0. The Labute approximate surface area is 120 Å². The Bertz CT molecular complexity index is 569. The van der Waals surface area contributed by atoms with E-state index in [2.05, 4.69) is 29.4 Å². The molecule has 0 bridgehead atoms. The minimum absolute atomic E-state index is 0.735. The van der Waals surface area contributed by atoms with Gasteiger partial charge in [-0.3, -0.25) is 4.98 Å². The SMILES string of the molecule is CCc1ccnc2c(NCCCCN)cc(OC)cc12. The fraction of sp³-hybridized carbons (Fsp3) is 0.438. The zero-order valence-corrected chi connectivity index (χ0v) is 12.3. The van der Waals surface area contributed by atoms with Crippen LogP contribution in [-0.2, 0) is 6.42 Å². The molecule has 1 aromatic carbocycles. The summed E-state index contributed by atoms with van der Waals surface area (Å²) in [6.07, 6.45) is 4.95. The summed E-state index contributed by atoms with van der Waals surface area (Å²) in [5.41, 5.74) is 8.86. The lowest BCUT2D eigenvalue weighted by Crippen LogP contribution is -2.06. The molecule has 20 heavy (non-hydrogen) atoms. The molecule has 0 unspecified atom stereocenters. The zero-order valence-electron chi connectivity index (χ0n) is 12.3. The van der Waals surface area contributed by atoms with E-state index in [0.29, 0.717) is 0 Å². The van der Waals surface area contributed by atoms with Gasteiger partial charge in [-0.25, -0.2) is 0 Å². The van der Waals surface area contributed by atoms with Gasteiger partial charge >= 0.3 is 0 Å². The number of nitrogens with zero attached hydrogens (tertiary/aromatic N) is 1. The Morgan fingerprint density at radius 1 is 1.30 bits per heavy atom. The van der Waals surface area contributed by atoms with Gasteiger partial charge < -0.3 is 15.8 Å². The summed E-state index contributed by atoms with van der Waals surface area (Å²) in [6, 6.07) is 6.14. The minimum Gasteiger partial charge on any atom is -0.497 e. The van der Waals surface area contributed by atoms with Gasteiger partial charge in [-0.05, 0) is 43.5 Å². The lowest BCUT2D eigenvalue weighted by Gasteiger charge is -2.13. The van der Waals surface area contributed by atoms with Crippen LogP contribution in [0, 0.1) is 0 Å². The molecule has 0 spiro atoms. The number of anilines is 1. The molecule has 2 rings (SSSR count). The van der Waals surface area contributed by atoms with Crippen molar-refractivity contribution in [2.24, 2.45) is 5.73 Å². The molecule has 1 heterocycles. The van der Waals surface area contributed by atoms with Crippen LogP contribution in [0.3, 0.4) is 0 Å². The molecule has 2 aromatic rings. The standard InChI is InChI=1S/C16H23N3O/c1-3-12-6-9-19-16-14(12)10-13(20-2)11-15(16)18-8-5-4-7-17/h6,9-11,18H,3-5,7-8,17H2,1-2H3. The minimum atomic E-state index is 0.735. The fourth-order valence-corrected chi connectivity index (χ4v) is 2.34. The van der Waals surface area contributed by atoms with Crippen LogP contribution in [0.15, 0.2) is 24.4 Å². The Hall–Kier alpha value is -1.81. The third-order valence-electron chi connectivity index (χ3n) is 3.47. The number of methoxy groups -OCH3 is 1. The van der Waals surface area contributed by atoms with E-state index in [1.165, 1.54) is 5.56 Å². The number of nitrogens with one attached hydrogen (secondary N) is 1. The van der Waals surface area contributed by atoms with E-state index in [9.17, 15) is 0 Å². The van der Waals surface area contributed by atoms with Gasteiger partial charge in [0.25, 0.3) is 0 Å². The van der Waals surface area contributed by atoms with E-state index in [1.807, 2.05) is 12.3 Å². The number of ether oxygens (including phenoxy) is 1. The summed E-state index contributed by atoms with van der Waals surface area (Å²) in [5, 5.41) is 4.61. The van der Waals surface area contributed by atoms with Crippen molar-refractivity contribution in [3.8, 4) is 5.75 Å². The van der Waals surface area contributed by atoms with Crippen LogP contribution in [0.25, 0.3) is 10.9 Å². The van der Waals surface area contributed by atoms with E-state index in [0.717, 1.165) is 54.7 Å². The smallest absolute Gasteiger partial charge is 0.121 e. The molecule has 0 aliphatic carbocycles. The van der Waals surface area contributed by atoms with Crippen molar-refractivity contribution in [3.05, 3.63) is 30.0 Å². The Balaban J connectivity index is 2.36. The van der Waals surface area contributed by atoms with Crippen LogP contribution in [0.5, 0.6) is 5.75 Å². The first-order valence-corrected chi connectivity index (χ1v) is 7.19. The molecule has 108 valence electrons. The highest BCUT2D eigenvalue weighted by Crippen LogP contribution is 2.30. The molecular weight excluding hydrogens is 250 g/mol. The second kappa shape index (κ2) is 7.10. The second-order valence-corrected chi connectivity index (χ2v) is 4.82. The third-order valence-corrected chi connectivity index (χ3v) is 3.47. The average Bonchev–Trinajstić information content (AvgIpc) is 2.50. The van der Waals surface area contributed by atoms with Crippen molar-refractivity contribution in [2.45, 2.75) is 26.2 Å². The van der Waals surface area contributed by atoms with Crippen molar-refractivity contribution in [1.82, 2.24) is 4.98 Å². The van der Waals surface area contributed by atoms with Crippen LogP contribution in [0.4, 0.5) is 5.69 Å². The van der Waals surface area contributed by atoms with Crippen molar-refractivity contribution in [2.75, 3.05) is 25.5 Å². The third kappa shape index (κ3) is 3.20. The summed E-state index contributed by atoms with van der Waals surface area (Å²) in [6.45, 7) is 3.79. The zero-order chi connectivity index (χ0) is 14.4. The van der Waals surface area contributed by atoms with Gasteiger partial charge in [0.2, 0.25) is 0 Å². The first-order valence-electron chi connectivity index (χ1n) is 7.19. The van der Waals surface area contributed by atoms with Gasteiger partial charge in [-0.1, -0.05) is 6.92 Å². The first kappa shape index (κ1) is 14.6. The molecule has 0 aliphatic heterocycles. The van der Waals surface area contributed by atoms with E-state index in [-0.39, 0.29) is 0 Å². The number of hydrogen-bond donors (Lipinski definition) is 2. The molecule has 0 atom stereocenters. The molecule has 0 radical (unpaired) electrons. The summed E-state index contributed by atoms with van der Waals surface area (Å²) in [4.78, 5) is 4.52. The van der Waals surface area contributed by atoms with Crippen molar-refractivity contribution in [1.29, 1.82) is 0 Å². The monoisotopic (exact) mass is 273 g/mol. The Morgan fingerprint density at radius 3 is 2.85 bits per heavy atom. The van der Waals surface area contributed by atoms with Gasteiger partial charge in [0.1, 0.15) is 5.75 Å². The summed E-state index contributed by atoms with van der Waals surface area (Å²) < 4.78 is 5.40. The fourth-order valence-electron chi connectivity index (χ4n) is 2.34. The number of rotatable bonds is 7. The molecule has 0 amide bonds. The largest absolute Gasteiger partial charge is 0.497 e. The highest BCUT2D eigenvalue weighted by Gasteiger charge is 2.08. The van der Waals surface area contributed by atoms with Gasteiger partial charge in [0.15, 0.2) is 0 Å². The highest BCUT2D eigenvalue weighted by molar-refractivity contribution is 5.94. The number of pyridine rings is 1. The van der Waals surface area contributed by atoms with Gasteiger partial charge in [-0.15, -0.1) is 0 Å². The average molecular weight is 273 g/mol. The van der Waals surface area contributed by atoms with Gasteiger partial charge in [0, 0.05) is 24.2 Å². The van der Waals surface area contributed by atoms with Crippen LogP contribution >= 0.6 is 0 Å². The molecule has 3 N–H and O–H groups in total. The quantitative estimate of drug-likeness (QED) is 0.761. The van der Waals surface area contributed by atoms with Gasteiger partial charge in [-0.2, -0.15) is 0 Å². The molecule has 0 saturated carbocycles. The molecular formula is C16H23N3O. The van der Waals surface area contributed by atoms with Crippen molar-refractivity contribution >= 4 is 16.6 Å². The maximum Gasteiger partial charge on any atom is 0.121 e. The number of unbranched alkanes of at least 4 members (excludes halogenated alkanes) is 1. The van der Waals surface area contributed by atoms with E-state index in [1.54, 1.807) is 7.11 Å². The lowest BCUT2D eigenvalue weighted by atomic mass is 10.1. The molecule has 0 fully saturated rings. The van der Waals surface area contributed by atoms with Crippen LogP contribution < -0.4 is 15.8 Å². The van der Waals surface area contributed by atoms with Crippen molar-refractivity contribution < 1.29 is 4.74 Å². The van der Waals surface area contributed by atoms with Crippen LogP contribution in [0.2, 0.25) is 0 Å². The number of nitrogens with two attached hydrogens (primary N) is 1. The number of aromatic nitrogens is 1. The summed E-state index contributed by atoms with van der Waals surface area (Å²) in [7, 11) is 1.70. The maximum absolute atomic E-state index is 5.52. The number of hydrogen-bond acceptors (Lipinski definition) is 4. The molecule has 4 nitrogen and oxygen atoms in total. The topological polar surface area (TPSA) is 60.2 Å². The van der Waals surface area contributed by atoms with Crippen LogP contribution in [0.1, 0.15) is 25.3 Å². The van der Waals surface area contributed by atoms with E-state index in [4.69, 9.17) is 10.5 Å². The lowest BCUT2D eigenvalue weighted by molar-refractivity contribution is 0.415. The highest BCUT2D eigenvalue weighted by atomic mass is 16.5. The molecule has 0 saturated heterocycles. The van der Waals surface area contributed by atoms with E-state index >= 15 is 0 Å². The second-order valence-electron chi connectivity index (χ2n) is 4.82. The predicted octanol–water partition coefficient (Wildman–Crippen LogP) is 2.96. The number of benzene rings is 1. The first-order chi connectivity index (χ1) is 9.80. The Morgan fingerprint density at radius 2 is 2.15 bits per heavy atom. The van der Waals surface area contributed by atoms with Gasteiger partial charge in [0.05, 0.1) is 18.3 Å². The maximum atomic E-state index is 5.52. The number of aryl methyl sites for hydroxylation is 1. The summed E-state index contributed by atoms with van der Waals surface area (Å²) in [5.74, 6) is 0.863. The van der Waals surface area contributed by atoms with E-state index < -0.39 is 0 Å². The Kier molecular flexibility index (Phi) is 5.18. The molecule has 4 heteroatoms. The normalized spacial score (nSPS) is 10.8. The van der Waals surface area contributed by atoms with Crippen LogP contribution in [-0.4, -0.2) is 25.2 Å². The number of fused-ring (bicyclic) bond motifs is 1. The molecule has 1 aromatic heterocycles. The molecule has 0 aliphatic rings. The van der Waals surface area contributed by atoms with Crippen molar-refractivity contribution in [3.63, 3.8) is 0 Å².